The molecule has 4 heterocycles. The third-order valence-corrected chi connectivity index (χ3v) is 7.70. The van der Waals surface area contributed by atoms with E-state index in [2.05, 4.69) is 14.9 Å². The largest absolute Gasteiger partial charge is 0.496 e. The van der Waals surface area contributed by atoms with Crippen LogP contribution >= 0.6 is 0 Å². The normalized spacial score (nSPS) is 23.5. The van der Waals surface area contributed by atoms with E-state index in [4.69, 9.17) is 9.47 Å². The number of benzene rings is 2. The van der Waals surface area contributed by atoms with Crippen LogP contribution in [-0.4, -0.2) is 63.9 Å². The molecule has 9 nitrogen and oxygen atoms in total. The molecule has 0 amide bonds. The van der Waals surface area contributed by atoms with Gasteiger partial charge in [-0.25, -0.2) is 9.97 Å². The molecule has 6 rings (SSSR count). The topological polar surface area (TPSA) is 87.6 Å². The van der Waals surface area contributed by atoms with Gasteiger partial charge in [0.25, 0.3) is 5.69 Å². The number of fused-ring (bicyclic) bond motifs is 6. The van der Waals surface area contributed by atoms with Gasteiger partial charge in [-0.3, -0.25) is 0 Å². The average molecular weight is 476 g/mol. The summed E-state index contributed by atoms with van der Waals surface area (Å²) < 4.78 is 13.4. The molecule has 35 heavy (non-hydrogen) atoms. The number of methoxy groups -OCH3 is 1. The number of nitroso groups, excluding NO2 is 2. The molecule has 0 aliphatic carbocycles. The Morgan fingerprint density at radius 3 is 2.97 bits per heavy atom. The van der Waals surface area contributed by atoms with Crippen molar-refractivity contribution in [3.8, 4) is 11.5 Å². The van der Waals surface area contributed by atoms with Crippen LogP contribution in [0, 0.1) is 15.7 Å². The van der Waals surface area contributed by atoms with Crippen LogP contribution in [0.5, 0.6) is 11.5 Å². The molecule has 0 bridgehead atoms. The molecule has 0 spiro atoms. The van der Waals surface area contributed by atoms with E-state index in [0.717, 1.165) is 71.0 Å². The molecule has 180 valence electrons. The molecule has 3 aliphatic rings. The quantitative estimate of drug-likeness (QED) is 0.394. The highest BCUT2D eigenvalue weighted by atomic mass is 16.5. The van der Waals surface area contributed by atoms with Crippen molar-refractivity contribution >= 4 is 16.6 Å². The van der Waals surface area contributed by atoms with E-state index in [1.54, 1.807) is 19.4 Å². The Kier molecular flexibility index (Phi) is 5.64. The van der Waals surface area contributed by atoms with Gasteiger partial charge in [-0.05, 0) is 37.6 Å². The van der Waals surface area contributed by atoms with E-state index in [0.29, 0.717) is 29.5 Å². The first-order chi connectivity index (χ1) is 17.1. The van der Waals surface area contributed by atoms with Gasteiger partial charge in [0.1, 0.15) is 28.1 Å². The Bertz CT molecular complexity index is 1300. The average Bonchev–Trinajstić information content (AvgIpc) is 3.31. The first-order valence-electron chi connectivity index (χ1n) is 12.3. The summed E-state index contributed by atoms with van der Waals surface area (Å²) in [5, 5.41) is 0.767. The SMILES string of the molecule is COc1cccc2c1[C@@H]1CN(CCCCC3[N+](=O)Cc4c(ccc5ncncc45)[N+]3=O)C[C@@H]1CO2. The fraction of sp³-hybridized carbons (Fsp3) is 0.462. The predicted molar refractivity (Wildman–Crippen MR) is 129 cm³/mol. The smallest absolute Gasteiger partial charge is 0.437 e. The third kappa shape index (κ3) is 3.83. The maximum absolute atomic E-state index is 13.1. The van der Waals surface area contributed by atoms with E-state index >= 15 is 0 Å². The van der Waals surface area contributed by atoms with Crippen LogP contribution in [0.15, 0.2) is 42.9 Å². The lowest BCUT2D eigenvalue weighted by Gasteiger charge is -2.29. The molecule has 0 N–H and O–H groups in total. The monoisotopic (exact) mass is 475 g/mol. The van der Waals surface area contributed by atoms with E-state index in [1.165, 1.54) is 11.9 Å². The number of aromatic nitrogens is 2. The number of likely N-dealkylation sites (tertiary alicyclic amines) is 1. The van der Waals surface area contributed by atoms with Gasteiger partial charge < -0.3 is 14.4 Å². The third-order valence-electron chi connectivity index (χ3n) is 7.70. The second-order valence-electron chi connectivity index (χ2n) is 9.71. The lowest BCUT2D eigenvalue weighted by atomic mass is 9.86. The van der Waals surface area contributed by atoms with Gasteiger partial charge in [0, 0.05) is 58.0 Å². The summed E-state index contributed by atoms with van der Waals surface area (Å²) in [5.41, 5.74) is 3.20. The molecule has 1 aromatic heterocycles. The maximum atomic E-state index is 13.1. The van der Waals surface area contributed by atoms with Crippen molar-refractivity contribution in [2.45, 2.75) is 37.9 Å². The minimum atomic E-state index is -0.699. The molecule has 1 unspecified atom stereocenters. The van der Waals surface area contributed by atoms with Crippen molar-refractivity contribution in [2.75, 3.05) is 33.4 Å². The summed E-state index contributed by atoms with van der Waals surface area (Å²) in [6.07, 6.45) is 4.75. The molecule has 9 heteroatoms. The van der Waals surface area contributed by atoms with Crippen LogP contribution in [0.3, 0.4) is 0 Å². The van der Waals surface area contributed by atoms with Crippen molar-refractivity contribution in [1.29, 1.82) is 0 Å². The zero-order valence-corrected chi connectivity index (χ0v) is 19.8. The van der Waals surface area contributed by atoms with Crippen LogP contribution in [-0.2, 0) is 6.54 Å². The summed E-state index contributed by atoms with van der Waals surface area (Å²) in [4.78, 5) is 36.7. The summed E-state index contributed by atoms with van der Waals surface area (Å²) in [7, 11) is 1.71. The van der Waals surface area contributed by atoms with E-state index < -0.39 is 6.17 Å². The second-order valence-corrected chi connectivity index (χ2v) is 9.71. The van der Waals surface area contributed by atoms with Crippen LogP contribution in [0.25, 0.3) is 10.9 Å². The molecule has 3 aromatic rings. The lowest BCUT2D eigenvalue weighted by Crippen LogP contribution is -2.37. The fourth-order valence-corrected chi connectivity index (χ4v) is 5.96. The minimum Gasteiger partial charge on any atom is -0.496 e. The highest BCUT2D eigenvalue weighted by Crippen LogP contribution is 2.46. The van der Waals surface area contributed by atoms with Gasteiger partial charge >= 0.3 is 6.17 Å². The lowest BCUT2D eigenvalue weighted by molar-refractivity contribution is -0.784. The van der Waals surface area contributed by atoms with Crippen molar-refractivity contribution in [3.63, 3.8) is 0 Å². The zero-order chi connectivity index (χ0) is 23.9. The van der Waals surface area contributed by atoms with Crippen molar-refractivity contribution in [2.24, 2.45) is 5.92 Å². The molecule has 1 saturated heterocycles. The standard InChI is InChI=1S/C26H29N5O4/c1-34-23-5-4-6-24-26(23)19-13-29(12-17(19)15-35-24)10-3-2-7-25-30(32)14-20-18-11-27-16-28-21(18)8-9-22(20)31(25)33/h4-6,8-9,11,16-17,19,25H,2-3,7,10,12-15H2,1H3/q+2/t17-,19-,25?/m1/s1. The highest BCUT2D eigenvalue weighted by molar-refractivity contribution is 5.84. The molecule has 0 saturated carbocycles. The number of hydrogen-bond donors (Lipinski definition) is 0. The van der Waals surface area contributed by atoms with Crippen LogP contribution in [0.4, 0.5) is 5.69 Å². The summed E-state index contributed by atoms with van der Waals surface area (Å²) in [6, 6.07) is 9.61. The maximum Gasteiger partial charge on any atom is 0.437 e. The summed E-state index contributed by atoms with van der Waals surface area (Å²) in [6.45, 7) is 3.84. The molecular formula is C26H29N5O4+2. The first kappa shape index (κ1) is 22.0. The van der Waals surface area contributed by atoms with E-state index in [-0.39, 0.29) is 6.54 Å². The van der Waals surface area contributed by atoms with Crippen LogP contribution < -0.4 is 9.47 Å². The number of nitrogens with zero attached hydrogens (tertiary/aromatic N) is 5. The zero-order valence-electron chi connectivity index (χ0n) is 19.8. The van der Waals surface area contributed by atoms with Crippen molar-refractivity contribution in [1.82, 2.24) is 14.9 Å². The Morgan fingerprint density at radius 1 is 1.17 bits per heavy atom. The first-order valence-corrected chi connectivity index (χ1v) is 12.3. The number of unbranched alkanes of at least 4 members (excludes halogenated alkanes) is 1. The van der Waals surface area contributed by atoms with Gasteiger partial charge in [0.05, 0.1) is 30.4 Å². The molecular weight excluding hydrogens is 446 g/mol. The predicted octanol–water partition coefficient (Wildman–Crippen LogP) is 3.95. The number of hydrogen-bond acceptors (Lipinski definition) is 7. The van der Waals surface area contributed by atoms with Gasteiger partial charge in [0.2, 0.25) is 6.54 Å². The number of rotatable bonds is 6. The molecule has 1 fully saturated rings. The van der Waals surface area contributed by atoms with Gasteiger partial charge in [-0.1, -0.05) is 6.07 Å². The van der Waals surface area contributed by atoms with Crippen molar-refractivity contribution in [3.05, 3.63) is 63.8 Å². The summed E-state index contributed by atoms with van der Waals surface area (Å²) >= 11 is 0. The molecule has 3 aliphatic heterocycles. The van der Waals surface area contributed by atoms with Gasteiger partial charge in [-0.2, -0.15) is 0 Å². The highest BCUT2D eigenvalue weighted by Gasteiger charge is 2.48. The van der Waals surface area contributed by atoms with E-state index in [9.17, 15) is 9.81 Å². The van der Waals surface area contributed by atoms with Gasteiger partial charge in [0.15, 0.2) is 0 Å². The van der Waals surface area contributed by atoms with E-state index in [1.807, 2.05) is 24.3 Å². The van der Waals surface area contributed by atoms with Crippen molar-refractivity contribution < 1.29 is 19.0 Å². The summed E-state index contributed by atoms with van der Waals surface area (Å²) in [5.74, 6) is 2.72. The molecule has 3 atom stereocenters. The van der Waals surface area contributed by atoms with Crippen LogP contribution in [0.2, 0.25) is 0 Å². The second kappa shape index (κ2) is 8.96. The Morgan fingerprint density at radius 2 is 2.09 bits per heavy atom. The molecule has 0 radical (unpaired) electrons. The number of ether oxygens (including phenoxy) is 2. The minimum absolute atomic E-state index is 0.181. The van der Waals surface area contributed by atoms with Gasteiger partial charge in [-0.15, -0.1) is 0 Å². The Labute approximate surface area is 203 Å². The van der Waals surface area contributed by atoms with Crippen LogP contribution in [0.1, 0.15) is 36.3 Å². The Hall–Kier alpha value is -3.46. The molecule has 2 aromatic carbocycles. The fourth-order valence-electron chi connectivity index (χ4n) is 5.96. The Balaban J connectivity index is 1.07.